The minimum atomic E-state index is -0.109. The molecule has 2 aromatic carbocycles. The molecule has 0 aliphatic carbocycles. The molecule has 3 heterocycles. The highest BCUT2D eigenvalue weighted by molar-refractivity contribution is 5.93. The lowest BCUT2D eigenvalue weighted by molar-refractivity contribution is -0.128. The van der Waals surface area contributed by atoms with Gasteiger partial charge in [0.2, 0.25) is 17.6 Å². The van der Waals surface area contributed by atoms with Crippen molar-refractivity contribution >= 4 is 23.3 Å². The van der Waals surface area contributed by atoms with E-state index in [0.29, 0.717) is 36.8 Å². The molecule has 1 saturated heterocycles. The predicted octanol–water partition coefficient (Wildman–Crippen LogP) is 3.48. The van der Waals surface area contributed by atoms with Crippen LogP contribution >= 0.6 is 0 Å². The summed E-state index contributed by atoms with van der Waals surface area (Å²) in [6.07, 6.45) is 1.10. The Balaban J connectivity index is 1.49. The molecule has 2 aromatic heterocycles. The second-order valence-electron chi connectivity index (χ2n) is 9.44. The maximum atomic E-state index is 13.0. The zero-order valence-corrected chi connectivity index (χ0v) is 21.5. The summed E-state index contributed by atoms with van der Waals surface area (Å²) in [5, 5.41) is 17.6. The standard InChI is InChI=1S/C28H30N8O2/c1-19-8-10-21(11-9-19)16-27(38)29-22-17-25(23-6-3-4-7-24(23)28-31-33-34-32-28)30-26(18-22)36-13-5-12-35(14-15-36)20(2)37/h3-4,6-11,17-18H,5,12-16H2,1-2H3,(H,29,30,38)(H,31,32,33,34). The molecular formula is C28H30N8O2. The normalized spacial score (nSPS) is 13.7. The predicted molar refractivity (Wildman–Crippen MR) is 145 cm³/mol. The number of aryl methyl sites for hydroxylation is 1. The lowest BCUT2D eigenvalue weighted by atomic mass is 10.0. The maximum Gasteiger partial charge on any atom is 0.228 e. The first-order valence-electron chi connectivity index (χ1n) is 12.7. The number of nitrogens with zero attached hydrogens (tertiary/aromatic N) is 6. The van der Waals surface area contributed by atoms with Crippen LogP contribution in [0, 0.1) is 6.92 Å². The summed E-state index contributed by atoms with van der Waals surface area (Å²) in [5.74, 6) is 1.17. The Morgan fingerprint density at radius 2 is 1.76 bits per heavy atom. The fraction of sp³-hybridized carbons (Fsp3) is 0.286. The SMILES string of the molecule is CC(=O)N1CCCN(c2cc(NC(=O)Cc3ccc(C)cc3)cc(-c3ccccc3-c3nn[nH]n3)n2)CC1. The molecule has 0 saturated carbocycles. The molecule has 2 amide bonds. The van der Waals surface area contributed by atoms with Crippen LogP contribution in [0.15, 0.2) is 60.7 Å². The van der Waals surface area contributed by atoms with Gasteiger partial charge < -0.3 is 15.1 Å². The molecule has 10 nitrogen and oxygen atoms in total. The van der Waals surface area contributed by atoms with Gasteiger partial charge >= 0.3 is 0 Å². The second-order valence-corrected chi connectivity index (χ2v) is 9.44. The van der Waals surface area contributed by atoms with Gasteiger partial charge in [0.25, 0.3) is 0 Å². The number of pyridine rings is 1. The van der Waals surface area contributed by atoms with Crippen LogP contribution in [0.3, 0.4) is 0 Å². The number of tetrazole rings is 1. The van der Waals surface area contributed by atoms with Crippen LogP contribution in [0.4, 0.5) is 11.5 Å². The van der Waals surface area contributed by atoms with Crippen LogP contribution in [0.1, 0.15) is 24.5 Å². The number of hydrogen-bond acceptors (Lipinski definition) is 7. The minimum absolute atomic E-state index is 0.0756. The number of aromatic amines is 1. The monoisotopic (exact) mass is 510 g/mol. The van der Waals surface area contributed by atoms with Crippen molar-refractivity contribution in [3.63, 3.8) is 0 Å². The zero-order chi connectivity index (χ0) is 26.5. The Kier molecular flexibility index (Phi) is 7.39. The van der Waals surface area contributed by atoms with Crippen LogP contribution in [-0.2, 0) is 16.0 Å². The Morgan fingerprint density at radius 3 is 2.50 bits per heavy atom. The van der Waals surface area contributed by atoms with Crippen molar-refractivity contribution < 1.29 is 9.59 Å². The Hall–Kier alpha value is -4.60. The summed E-state index contributed by atoms with van der Waals surface area (Å²) < 4.78 is 0. The molecule has 1 aliphatic rings. The second kappa shape index (κ2) is 11.2. The molecule has 194 valence electrons. The molecule has 1 fully saturated rings. The molecule has 4 aromatic rings. The van der Waals surface area contributed by atoms with E-state index in [0.717, 1.165) is 41.0 Å². The highest BCUT2D eigenvalue weighted by Crippen LogP contribution is 2.32. The molecule has 0 spiro atoms. The quantitative estimate of drug-likeness (QED) is 0.407. The average Bonchev–Trinajstić information content (AvgIpc) is 3.33. The Morgan fingerprint density at radius 1 is 0.974 bits per heavy atom. The topological polar surface area (TPSA) is 120 Å². The summed E-state index contributed by atoms with van der Waals surface area (Å²) in [7, 11) is 0. The van der Waals surface area contributed by atoms with Crippen molar-refractivity contribution in [1.29, 1.82) is 0 Å². The molecule has 0 unspecified atom stereocenters. The zero-order valence-electron chi connectivity index (χ0n) is 21.5. The summed E-state index contributed by atoms with van der Waals surface area (Å²) >= 11 is 0. The van der Waals surface area contributed by atoms with Crippen molar-refractivity contribution in [2.45, 2.75) is 26.7 Å². The highest BCUT2D eigenvalue weighted by Gasteiger charge is 2.20. The number of benzene rings is 2. The largest absolute Gasteiger partial charge is 0.355 e. The first kappa shape index (κ1) is 25.1. The molecule has 2 N–H and O–H groups in total. The van der Waals surface area contributed by atoms with Gasteiger partial charge in [0.15, 0.2) is 0 Å². The van der Waals surface area contributed by atoms with Crippen molar-refractivity contribution in [1.82, 2.24) is 30.5 Å². The fourth-order valence-electron chi connectivity index (χ4n) is 4.62. The lowest BCUT2D eigenvalue weighted by Crippen LogP contribution is -2.34. The van der Waals surface area contributed by atoms with Gasteiger partial charge in [-0.25, -0.2) is 4.98 Å². The van der Waals surface area contributed by atoms with E-state index in [1.165, 1.54) is 0 Å². The number of aromatic nitrogens is 5. The van der Waals surface area contributed by atoms with E-state index in [-0.39, 0.29) is 18.2 Å². The van der Waals surface area contributed by atoms with E-state index in [9.17, 15) is 9.59 Å². The number of hydrogen-bond donors (Lipinski definition) is 2. The van der Waals surface area contributed by atoms with Crippen LogP contribution in [-0.4, -0.2) is 68.5 Å². The van der Waals surface area contributed by atoms with Crippen LogP contribution in [0.5, 0.6) is 0 Å². The van der Waals surface area contributed by atoms with Crippen LogP contribution in [0.25, 0.3) is 22.6 Å². The third-order valence-electron chi connectivity index (χ3n) is 6.64. The van der Waals surface area contributed by atoms with Crippen molar-refractivity contribution in [2.75, 3.05) is 36.4 Å². The molecule has 0 radical (unpaired) electrons. The Bertz CT molecular complexity index is 1420. The smallest absolute Gasteiger partial charge is 0.228 e. The van der Waals surface area contributed by atoms with Gasteiger partial charge in [-0.15, -0.1) is 10.2 Å². The first-order valence-corrected chi connectivity index (χ1v) is 12.7. The van der Waals surface area contributed by atoms with Gasteiger partial charge in [-0.05, 0) is 30.2 Å². The fourth-order valence-corrected chi connectivity index (χ4v) is 4.62. The molecular weight excluding hydrogens is 480 g/mol. The molecule has 0 bridgehead atoms. The van der Waals surface area contributed by atoms with Gasteiger partial charge in [-0.2, -0.15) is 5.21 Å². The van der Waals surface area contributed by atoms with E-state index in [1.54, 1.807) is 6.92 Å². The third kappa shape index (κ3) is 5.86. The Labute approximate surface area is 221 Å². The van der Waals surface area contributed by atoms with Gasteiger partial charge in [-0.1, -0.05) is 54.1 Å². The number of nitrogens with one attached hydrogen (secondary N) is 2. The summed E-state index contributed by atoms with van der Waals surface area (Å²) in [6.45, 7) is 6.37. The summed E-state index contributed by atoms with van der Waals surface area (Å²) in [4.78, 5) is 34.0. The molecule has 10 heteroatoms. The molecule has 5 rings (SSSR count). The number of carbonyl (C=O) groups excluding carboxylic acids is 2. The van der Waals surface area contributed by atoms with E-state index in [2.05, 4.69) is 30.8 Å². The highest BCUT2D eigenvalue weighted by atomic mass is 16.2. The first-order chi connectivity index (χ1) is 18.5. The van der Waals surface area contributed by atoms with E-state index >= 15 is 0 Å². The van der Waals surface area contributed by atoms with E-state index in [1.807, 2.05) is 72.5 Å². The van der Waals surface area contributed by atoms with E-state index in [4.69, 9.17) is 4.98 Å². The third-order valence-corrected chi connectivity index (χ3v) is 6.64. The number of anilines is 2. The molecule has 0 atom stereocenters. The summed E-state index contributed by atoms with van der Waals surface area (Å²) in [5.41, 5.74) is 5.03. The van der Waals surface area contributed by atoms with Gasteiger partial charge in [0.05, 0.1) is 12.1 Å². The van der Waals surface area contributed by atoms with Crippen molar-refractivity contribution in [3.05, 3.63) is 71.8 Å². The van der Waals surface area contributed by atoms with Crippen LogP contribution in [0.2, 0.25) is 0 Å². The van der Waals surface area contributed by atoms with E-state index < -0.39 is 0 Å². The van der Waals surface area contributed by atoms with Gasteiger partial charge in [0, 0.05) is 56.0 Å². The van der Waals surface area contributed by atoms with Gasteiger partial charge in [-0.3, -0.25) is 9.59 Å². The maximum absolute atomic E-state index is 13.0. The number of H-pyrrole nitrogens is 1. The lowest BCUT2D eigenvalue weighted by Gasteiger charge is -2.24. The number of carbonyl (C=O) groups is 2. The average molecular weight is 511 g/mol. The van der Waals surface area contributed by atoms with Crippen LogP contribution < -0.4 is 10.2 Å². The summed E-state index contributed by atoms with van der Waals surface area (Å²) in [6, 6.07) is 19.4. The van der Waals surface area contributed by atoms with Gasteiger partial charge in [0.1, 0.15) is 5.82 Å². The van der Waals surface area contributed by atoms with Crippen molar-refractivity contribution in [2.24, 2.45) is 0 Å². The number of rotatable bonds is 6. The molecule has 38 heavy (non-hydrogen) atoms. The van der Waals surface area contributed by atoms with Crippen molar-refractivity contribution in [3.8, 4) is 22.6 Å². The number of amides is 2. The minimum Gasteiger partial charge on any atom is -0.355 e. The molecule has 1 aliphatic heterocycles.